The van der Waals surface area contributed by atoms with Crippen molar-refractivity contribution in [2.75, 3.05) is 0 Å². The molecule has 1 aromatic heterocycles. The minimum absolute atomic E-state index is 0.0234. The molecule has 0 saturated heterocycles. The van der Waals surface area contributed by atoms with Crippen LogP contribution in [0.15, 0.2) is 73.1 Å². The number of pyridine rings is 1. The SMILES string of the molecule is CC(NC(=O)C(C)(C)c1ccc(-c2cncc(C#N)c2)cc1)c1ccccc1. The molecule has 0 spiro atoms. The zero-order valence-electron chi connectivity index (χ0n) is 16.3. The first-order valence-electron chi connectivity index (χ1n) is 9.24. The number of carbonyl (C=O) groups is 1. The molecule has 4 nitrogen and oxygen atoms in total. The van der Waals surface area contributed by atoms with E-state index in [1.165, 1.54) is 0 Å². The normalized spacial score (nSPS) is 12.1. The molecule has 3 rings (SSSR count). The van der Waals surface area contributed by atoms with Crippen LogP contribution in [0.25, 0.3) is 11.1 Å². The molecule has 1 atom stereocenters. The van der Waals surface area contributed by atoms with E-state index >= 15 is 0 Å². The van der Waals surface area contributed by atoms with Gasteiger partial charge in [0.15, 0.2) is 0 Å². The Labute approximate surface area is 165 Å². The fraction of sp³-hybridized carbons (Fsp3) is 0.208. The molecule has 1 N–H and O–H groups in total. The van der Waals surface area contributed by atoms with Crippen LogP contribution in [0.5, 0.6) is 0 Å². The Hall–Kier alpha value is -3.45. The topological polar surface area (TPSA) is 65.8 Å². The molecule has 0 bridgehead atoms. The molecule has 0 aliphatic carbocycles. The van der Waals surface area contributed by atoms with Gasteiger partial charge in [0.2, 0.25) is 5.91 Å². The molecule has 1 unspecified atom stereocenters. The van der Waals surface area contributed by atoms with E-state index in [1.807, 2.05) is 75.4 Å². The maximum atomic E-state index is 12.9. The average molecular weight is 369 g/mol. The molecule has 0 saturated carbocycles. The quantitative estimate of drug-likeness (QED) is 0.704. The number of carbonyl (C=O) groups excluding carboxylic acids is 1. The van der Waals surface area contributed by atoms with Gasteiger partial charge in [-0.15, -0.1) is 0 Å². The first-order chi connectivity index (χ1) is 13.4. The molecule has 0 aliphatic heterocycles. The highest BCUT2D eigenvalue weighted by atomic mass is 16.2. The summed E-state index contributed by atoms with van der Waals surface area (Å²) in [6, 6.07) is 21.6. The highest BCUT2D eigenvalue weighted by Crippen LogP contribution is 2.28. The lowest BCUT2D eigenvalue weighted by Crippen LogP contribution is -2.41. The van der Waals surface area contributed by atoms with Crippen molar-refractivity contribution >= 4 is 5.91 Å². The molecule has 0 radical (unpaired) electrons. The lowest BCUT2D eigenvalue weighted by Gasteiger charge is -2.27. The summed E-state index contributed by atoms with van der Waals surface area (Å²) in [5.41, 5.74) is 3.70. The Kier molecular flexibility index (Phi) is 5.56. The highest BCUT2D eigenvalue weighted by molar-refractivity contribution is 5.87. The number of rotatable bonds is 5. The molecule has 1 amide bonds. The number of aromatic nitrogens is 1. The van der Waals surface area contributed by atoms with Crippen LogP contribution in [0.3, 0.4) is 0 Å². The monoisotopic (exact) mass is 369 g/mol. The van der Waals surface area contributed by atoms with Gasteiger partial charge in [-0.25, -0.2) is 0 Å². The van der Waals surface area contributed by atoms with E-state index < -0.39 is 5.41 Å². The van der Waals surface area contributed by atoms with E-state index in [2.05, 4.69) is 16.4 Å². The Morgan fingerprint density at radius 1 is 1.04 bits per heavy atom. The van der Waals surface area contributed by atoms with Gasteiger partial charge < -0.3 is 5.32 Å². The smallest absolute Gasteiger partial charge is 0.230 e. The number of amides is 1. The summed E-state index contributed by atoms with van der Waals surface area (Å²) >= 11 is 0. The summed E-state index contributed by atoms with van der Waals surface area (Å²) in [6.07, 6.45) is 3.27. The molecule has 140 valence electrons. The number of benzene rings is 2. The third kappa shape index (κ3) is 4.10. The van der Waals surface area contributed by atoms with Gasteiger partial charge in [0.05, 0.1) is 17.0 Å². The summed E-state index contributed by atoms with van der Waals surface area (Å²) in [4.78, 5) is 17.0. The van der Waals surface area contributed by atoms with Crippen LogP contribution in [0.2, 0.25) is 0 Å². The molecular formula is C24H23N3O. The molecule has 28 heavy (non-hydrogen) atoms. The average Bonchev–Trinajstić information content (AvgIpc) is 2.74. The number of nitrogens with one attached hydrogen (secondary N) is 1. The van der Waals surface area contributed by atoms with Gasteiger partial charge in [0.1, 0.15) is 6.07 Å². The van der Waals surface area contributed by atoms with Gasteiger partial charge in [-0.1, -0.05) is 54.6 Å². The van der Waals surface area contributed by atoms with Crippen molar-refractivity contribution in [1.82, 2.24) is 10.3 Å². The molecule has 3 aromatic rings. The van der Waals surface area contributed by atoms with Crippen molar-refractivity contribution < 1.29 is 4.79 Å². The predicted octanol–water partition coefficient (Wildman–Crippen LogP) is 4.78. The Balaban J connectivity index is 1.77. The van der Waals surface area contributed by atoms with E-state index in [0.29, 0.717) is 5.56 Å². The van der Waals surface area contributed by atoms with Crippen molar-refractivity contribution in [3.63, 3.8) is 0 Å². The van der Waals surface area contributed by atoms with Crippen LogP contribution in [0.1, 0.15) is 43.5 Å². The minimum Gasteiger partial charge on any atom is -0.349 e. The third-order valence-corrected chi connectivity index (χ3v) is 5.02. The van der Waals surface area contributed by atoms with Gasteiger partial charge >= 0.3 is 0 Å². The van der Waals surface area contributed by atoms with Crippen LogP contribution in [-0.4, -0.2) is 10.9 Å². The number of nitrogens with zero attached hydrogens (tertiary/aromatic N) is 2. The van der Waals surface area contributed by atoms with E-state index in [1.54, 1.807) is 18.5 Å². The molecule has 4 heteroatoms. The van der Waals surface area contributed by atoms with E-state index in [4.69, 9.17) is 5.26 Å². The highest BCUT2D eigenvalue weighted by Gasteiger charge is 2.30. The summed E-state index contributed by atoms with van der Waals surface area (Å²) in [6.45, 7) is 5.83. The van der Waals surface area contributed by atoms with Crippen LogP contribution in [-0.2, 0) is 10.2 Å². The minimum atomic E-state index is -0.672. The van der Waals surface area contributed by atoms with Gasteiger partial charge in [0, 0.05) is 18.0 Å². The third-order valence-electron chi connectivity index (χ3n) is 5.02. The fourth-order valence-electron chi connectivity index (χ4n) is 3.07. The zero-order valence-corrected chi connectivity index (χ0v) is 16.3. The molecular weight excluding hydrogens is 346 g/mol. The Morgan fingerprint density at radius 3 is 2.36 bits per heavy atom. The van der Waals surface area contributed by atoms with Crippen molar-refractivity contribution in [2.45, 2.75) is 32.2 Å². The van der Waals surface area contributed by atoms with Crippen LogP contribution < -0.4 is 5.32 Å². The van der Waals surface area contributed by atoms with Crippen LogP contribution in [0, 0.1) is 11.3 Å². The summed E-state index contributed by atoms with van der Waals surface area (Å²) in [7, 11) is 0. The van der Waals surface area contributed by atoms with E-state index in [9.17, 15) is 4.79 Å². The largest absolute Gasteiger partial charge is 0.349 e. The van der Waals surface area contributed by atoms with Gasteiger partial charge in [0.25, 0.3) is 0 Å². The van der Waals surface area contributed by atoms with Crippen molar-refractivity contribution in [1.29, 1.82) is 5.26 Å². The first-order valence-corrected chi connectivity index (χ1v) is 9.24. The maximum absolute atomic E-state index is 12.9. The predicted molar refractivity (Wildman–Crippen MR) is 110 cm³/mol. The summed E-state index contributed by atoms with van der Waals surface area (Å²) in [5, 5.41) is 12.2. The molecule has 0 fully saturated rings. The number of hydrogen-bond donors (Lipinski definition) is 1. The lowest BCUT2D eigenvalue weighted by atomic mass is 9.82. The van der Waals surface area contributed by atoms with Gasteiger partial charge in [-0.2, -0.15) is 5.26 Å². The fourth-order valence-corrected chi connectivity index (χ4v) is 3.07. The lowest BCUT2D eigenvalue weighted by molar-refractivity contribution is -0.126. The van der Waals surface area contributed by atoms with Crippen LogP contribution >= 0.6 is 0 Å². The number of hydrogen-bond acceptors (Lipinski definition) is 3. The Bertz CT molecular complexity index is 1000. The second-order valence-electron chi connectivity index (χ2n) is 7.38. The molecule has 2 aromatic carbocycles. The second kappa shape index (κ2) is 8.06. The van der Waals surface area contributed by atoms with E-state index in [-0.39, 0.29) is 11.9 Å². The van der Waals surface area contributed by atoms with Gasteiger partial charge in [-0.3, -0.25) is 9.78 Å². The maximum Gasteiger partial charge on any atom is 0.230 e. The molecule has 1 heterocycles. The zero-order chi connectivity index (χ0) is 20.1. The van der Waals surface area contributed by atoms with Crippen molar-refractivity contribution in [3.8, 4) is 17.2 Å². The standard InChI is InChI=1S/C24H23N3O/c1-17(19-7-5-4-6-8-19)27-23(28)24(2,3)22-11-9-20(10-12-22)21-13-18(14-25)15-26-16-21/h4-13,15-17H,1-3H3,(H,27,28). The van der Waals surface area contributed by atoms with Crippen molar-refractivity contribution in [3.05, 3.63) is 89.7 Å². The Morgan fingerprint density at radius 2 is 1.71 bits per heavy atom. The molecule has 0 aliphatic rings. The first kappa shape index (κ1) is 19.3. The summed E-state index contributed by atoms with van der Waals surface area (Å²) < 4.78 is 0. The van der Waals surface area contributed by atoms with E-state index in [0.717, 1.165) is 22.3 Å². The van der Waals surface area contributed by atoms with Gasteiger partial charge in [-0.05, 0) is 43.5 Å². The van der Waals surface area contributed by atoms with Crippen LogP contribution in [0.4, 0.5) is 0 Å². The number of nitriles is 1. The summed E-state index contributed by atoms with van der Waals surface area (Å²) in [5.74, 6) is -0.0234. The van der Waals surface area contributed by atoms with Crippen molar-refractivity contribution in [2.24, 2.45) is 0 Å². The second-order valence-corrected chi connectivity index (χ2v) is 7.38.